The molecule has 6 nitrogen and oxygen atoms in total. The first kappa shape index (κ1) is 17.1. The van der Waals surface area contributed by atoms with Gasteiger partial charge in [-0.2, -0.15) is 0 Å². The van der Waals surface area contributed by atoms with Crippen molar-refractivity contribution in [1.29, 1.82) is 0 Å². The van der Waals surface area contributed by atoms with Crippen LogP contribution in [0.3, 0.4) is 0 Å². The number of pyridine rings is 1. The summed E-state index contributed by atoms with van der Waals surface area (Å²) >= 11 is 1.22. The van der Waals surface area contributed by atoms with Crippen molar-refractivity contribution in [2.75, 3.05) is 17.7 Å². The van der Waals surface area contributed by atoms with Gasteiger partial charge in [0.15, 0.2) is 0 Å². The molecule has 0 spiro atoms. The number of hydrogen-bond donors (Lipinski definition) is 3. The molecule has 2 aromatic carbocycles. The molecule has 4 rings (SSSR count). The zero-order valence-electron chi connectivity index (χ0n) is 14.5. The van der Waals surface area contributed by atoms with Crippen molar-refractivity contribution in [1.82, 2.24) is 4.98 Å². The molecule has 0 radical (unpaired) electrons. The second-order valence-corrected chi connectivity index (χ2v) is 6.94. The van der Waals surface area contributed by atoms with E-state index in [-0.39, 0.29) is 11.7 Å². The molecule has 0 saturated heterocycles. The quantitative estimate of drug-likeness (QED) is 0.457. The molecule has 136 valence electrons. The second-order valence-electron chi connectivity index (χ2n) is 5.94. The minimum absolute atomic E-state index is 0.00199. The average Bonchev–Trinajstić information content (AvgIpc) is 2.98. The zero-order valence-corrected chi connectivity index (χ0v) is 15.3. The topological polar surface area (TPSA) is 97.5 Å². The van der Waals surface area contributed by atoms with Gasteiger partial charge in [0.05, 0.1) is 23.5 Å². The average molecular weight is 379 g/mol. The zero-order chi connectivity index (χ0) is 19.0. The molecular weight excluding hydrogens is 362 g/mol. The maximum absolute atomic E-state index is 12.6. The Labute approximate surface area is 159 Å². The number of phenols is 1. The van der Waals surface area contributed by atoms with E-state index in [1.807, 2.05) is 31.2 Å². The summed E-state index contributed by atoms with van der Waals surface area (Å²) < 4.78 is 5.52. The molecule has 0 aliphatic carbocycles. The summed E-state index contributed by atoms with van der Waals surface area (Å²) in [4.78, 5) is 18.3. The Morgan fingerprint density at radius 2 is 2.07 bits per heavy atom. The summed E-state index contributed by atoms with van der Waals surface area (Å²) in [5.74, 6) is 0.368. The maximum Gasteiger partial charge on any atom is 0.268 e. The monoisotopic (exact) mass is 379 g/mol. The van der Waals surface area contributed by atoms with Gasteiger partial charge >= 0.3 is 0 Å². The molecule has 0 fully saturated rings. The molecule has 0 bridgehead atoms. The van der Waals surface area contributed by atoms with Crippen LogP contribution in [0.15, 0.2) is 48.5 Å². The molecule has 0 saturated carbocycles. The number of thiophene rings is 1. The van der Waals surface area contributed by atoms with Gasteiger partial charge in [-0.15, -0.1) is 11.3 Å². The number of carbonyl (C=O) groups excluding carboxylic acids is 1. The third-order valence-corrected chi connectivity index (χ3v) is 5.27. The molecule has 27 heavy (non-hydrogen) atoms. The fourth-order valence-electron chi connectivity index (χ4n) is 2.86. The first-order chi connectivity index (χ1) is 13.1. The number of nitrogen functional groups attached to an aromatic ring is 1. The van der Waals surface area contributed by atoms with E-state index in [9.17, 15) is 9.90 Å². The largest absolute Gasteiger partial charge is 0.506 e. The van der Waals surface area contributed by atoms with Crippen LogP contribution >= 0.6 is 11.3 Å². The van der Waals surface area contributed by atoms with E-state index in [1.165, 1.54) is 17.4 Å². The number of fused-ring (bicyclic) bond motifs is 2. The number of hydrogen-bond acceptors (Lipinski definition) is 6. The molecule has 0 unspecified atom stereocenters. The van der Waals surface area contributed by atoms with Crippen LogP contribution in [0.4, 0.5) is 11.4 Å². The highest BCUT2D eigenvalue weighted by molar-refractivity contribution is 7.21. The van der Waals surface area contributed by atoms with Gasteiger partial charge in [0.2, 0.25) is 0 Å². The Morgan fingerprint density at radius 1 is 1.26 bits per heavy atom. The van der Waals surface area contributed by atoms with Crippen LogP contribution in [0.2, 0.25) is 0 Å². The van der Waals surface area contributed by atoms with E-state index in [0.29, 0.717) is 27.7 Å². The third kappa shape index (κ3) is 3.13. The van der Waals surface area contributed by atoms with E-state index in [2.05, 4.69) is 10.3 Å². The molecule has 0 aliphatic rings. The van der Waals surface area contributed by atoms with Crippen molar-refractivity contribution >= 4 is 49.7 Å². The van der Waals surface area contributed by atoms with Crippen molar-refractivity contribution in [2.45, 2.75) is 6.92 Å². The first-order valence-corrected chi connectivity index (χ1v) is 9.23. The predicted molar refractivity (Wildman–Crippen MR) is 109 cm³/mol. The van der Waals surface area contributed by atoms with Gasteiger partial charge in [0, 0.05) is 16.8 Å². The lowest BCUT2D eigenvalue weighted by Gasteiger charge is -2.06. The Kier molecular flexibility index (Phi) is 4.29. The van der Waals surface area contributed by atoms with Gasteiger partial charge in [0.25, 0.3) is 5.91 Å². The fraction of sp³-hybridized carbons (Fsp3) is 0.100. The van der Waals surface area contributed by atoms with Gasteiger partial charge in [0.1, 0.15) is 21.2 Å². The number of carbonyl (C=O) groups is 1. The third-order valence-electron chi connectivity index (χ3n) is 4.16. The van der Waals surface area contributed by atoms with Crippen LogP contribution in [0.5, 0.6) is 11.5 Å². The molecule has 0 aliphatic heterocycles. The lowest BCUT2D eigenvalue weighted by Crippen LogP contribution is -2.11. The summed E-state index contributed by atoms with van der Waals surface area (Å²) in [5.41, 5.74) is 7.72. The van der Waals surface area contributed by atoms with Crippen molar-refractivity contribution in [3.63, 3.8) is 0 Å². The predicted octanol–water partition coefficient (Wildman–Crippen LogP) is 4.39. The first-order valence-electron chi connectivity index (χ1n) is 8.41. The van der Waals surface area contributed by atoms with Crippen molar-refractivity contribution in [3.05, 3.63) is 53.4 Å². The van der Waals surface area contributed by atoms with Gasteiger partial charge in [-0.1, -0.05) is 12.1 Å². The Bertz CT molecular complexity index is 1170. The Morgan fingerprint density at radius 3 is 2.85 bits per heavy atom. The van der Waals surface area contributed by atoms with E-state index < -0.39 is 0 Å². The van der Waals surface area contributed by atoms with Gasteiger partial charge < -0.3 is 20.9 Å². The van der Waals surface area contributed by atoms with Gasteiger partial charge in [-0.25, -0.2) is 4.98 Å². The Balaban J connectivity index is 1.75. The number of phenolic OH excluding ortho intramolecular Hbond substituents is 1. The number of aromatic hydroxyl groups is 1. The van der Waals surface area contributed by atoms with Crippen LogP contribution in [0.25, 0.3) is 21.1 Å². The summed E-state index contributed by atoms with van der Waals surface area (Å²) in [6.07, 6.45) is 0. The molecule has 2 heterocycles. The summed E-state index contributed by atoms with van der Waals surface area (Å²) in [7, 11) is 0. The number of nitrogens with zero attached hydrogens (tertiary/aromatic N) is 1. The molecule has 4 aromatic rings. The van der Waals surface area contributed by atoms with Crippen LogP contribution in [-0.2, 0) is 0 Å². The highest BCUT2D eigenvalue weighted by atomic mass is 32.1. The normalized spacial score (nSPS) is 11.0. The number of nitrogens with one attached hydrogen (secondary N) is 1. The fourth-order valence-corrected chi connectivity index (χ4v) is 3.84. The van der Waals surface area contributed by atoms with Crippen LogP contribution in [-0.4, -0.2) is 22.6 Å². The van der Waals surface area contributed by atoms with Gasteiger partial charge in [-0.05, 0) is 37.3 Å². The second kappa shape index (κ2) is 6.77. The summed E-state index contributed by atoms with van der Waals surface area (Å²) in [5, 5.41) is 14.2. The number of amides is 1. The molecule has 2 aromatic heterocycles. The van der Waals surface area contributed by atoms with E-state index in [4.69, 9.17) is 10.5 Å². The highest BCUT2D eigenvalue weighted by Gasteiger charge is 2.19. The SMILES string of the molecule is CCOc1ccc2cc3c(N)c(C(=O)Nc4ccccc4O)sc3nc2c1. The van der Waals surface area contributed by atoms with E-state index >= 15 is 0 Å². The number of ether oxygens (including phenoxy) is 1. The van der Waals surface area contributed by atoms with Crippen LogP contribution < -0.4 is 15.8 Å². The van der Waals surface area contributed by atoms with Crippen molar-refractivity contribution < 1.29 is 14.6 Å². The minimum Gasteiger partial charge on any atom is -0.506 e. The van der Waals surface area contributed by atoms with E-state index in [0.717, 1.165) is 22.0 Å². The highest BCUT2D eigenvalue weighted by Crippen LogP contribution is 2.36. The van der Waals surface area contributed by atoms with Crippen LogP contribution in [0.1, 0.15) is 16.6 Å². The lowest BCUT2D eigenvalue weighted by molar-refractivity contribution is 0.103. The van der Waals surface area contributed by atoms with Gasteiger partial charge in [-0.3, -0.25) is 4.79 Å². The summed E-state index contributed by atoms with van der Waals surface area (Å²) in [6, 6.07) is 14.1. The molecule has 4 N–H and O–H groups in total. The molecule has 1 amide bonds. The number of nitrogens with two attached hydrogens (primary N) is 1. The minimum atomic E-state index is -0.379. The van der Waals surface area contributed by atoms with Crippen molar-refractivity contribution in [3.8, 4) is 11.5 Å². The molecular formula is C20H17N3O3S. The molecule has 7 heteroatoms. The standard InChI is InChI=1S/C20H17N3O3S/c1-2-26-12-8-7-11-9-13-17(21)18(27-20(13)23-15(11)10-12)19(25)22-14-5-3-4-6-16(14)24/h3-10,24H,2,21H2,1H3,(H,22,25). The smallest absolute Gasteiger partial charge is 0.268 e. The number of benzene rings is 2. The number of aromatic nitrogens is 1. The number of rotatable bonds is 4. The van der Waals surface area contributed by atoms with Crippen LogP contribution in [0, 0.1) is 0 Å². The Hall–Kier alpha value is -3.32. The molecule has 0 atom stereocenters. The maximum atomic E-state index is 12.6. The van der Waals surface area contributed by atoms with Crippen molar-refractivity contribution in [2.24, 2.45) is 0 Å². The lowest BCUT2D eigenvalue weighted by atomic mass is 10.1. The van der Waals surface area contributed by atoms with E-state index in [1.54, 1.807) is 18.2 Å². The number of anilines is 2. The number of para-hydroxylation sites is 2. The summed E-state index contributed by atoms with van der Waals surface area (Å²) in [6.45, 7) is 2.51.